The van der Waals surface area contributed by atoms with Gasteiger partial charge in [0, 0.05) is 30.6 Å². The molecule has 1 aliphatic heterocycles. The van der Waals surface area contributed by atoms with E-state index in [0.717, 1.165) is 24.3 Å². The molecule has 1 aromatic carbocycles. The number of rotatable bonds is 4. The maximum absolute atomic E-state index is 12.3. The van der Waals surface area contributed by atoms with E-state index in [1.54, 1.807) is 0 Å². The molecule has 0 atom stereocenters. The summed E-state index contributed by atoms with van der Waals surface area (Å²) in [5.41, 5.74) is 1.71. The molecule has 1 aromatic heterocycles. The summed E-state index contributed by atoms with van der Waals surface area (Å²) in [7, 11) is 2.02. The van der Waals surface area contributed by atoms with Crippen LogP contribution in [0.3, 0.4) is 0 Å². The van der Waals surface area contributed by atoms with Gasteiger partial charge in [-0.15, -0.1) is 0 Å². The molecule has 2 aromatic rings. The van der Waals surface area contributed by atoms with Gasteiger partial charge in [0.15, 0.2) is 0 Å². The van der Waals surface area contributed by atoms with Gasteiger partial charge in [-0.2, -0.15) is 17.0 Å². The molecular weight excluding hydrogens is 306 g/mol. The molecular formula is C18H21N3OS. The van der Waals surface area contributed by atoms with Gasteiger partial charge in [-0.1, -0.05) is 18.2 Å². The van der Waals surface area contributed by atoms with Crippen molar-refractivity contribution in [1.82, 2.24) is 9.88 Å². The van der Waals surface area contributed by atoms with Crippen molar-refractivity contribution in [3.8, 4) is 6.07 Å². The molecule has 2 heterocycles. The van der Waals surface area contributed by atoms with Gasteiger partial charge < -0.3 is 9.88 Å². The van der Waals surface area contributed by atoms with Crippen molar-refractivity contribution in [3.05, 3.63) is 36.0 Å². The number of nitriles is 1. The zero-order chi connectivity index (χ0) is 16.3. The average molecular weight is 327 g/mol. The molecule has 120 valence electrons. The number of hydrogen-bond acceptors (Lipinski definition) is 3. The van der Waals surface area contributed by atoms with Crippen LogP contribution >= 0.6 is 11.8 Å². The minimum atomic E-state index is -0.652. The van der Waals surface area contributed by atoms with Crippen LogP contribution in [0.1, 0.15) is 24.8 Å². The molecule has 1 aliphatic rings. The third-order valence-electron chi connectivity index (χ3n) is 4.54. The Kier molecular flexibility index (Phi) is 4.63. The minimum absolute atomic E-state index is 0.0219. The van der Waals surface area contributed by atoms with Gasteiger partial charge in [0.2, 0.25) is 5.91 Å². The molecule has 0 unspecified atom stereocenters. The lowest BCUT2D eigenvalue weighted by Crippen LogP contribution is -2.49. The van der Waals surface area contributed by atoms with E-state index in [1.807, 2.05) is 30.9 Å². The highest BCUT2D eigenvalue weighted by Gasteiger charge is 2.33. The Morgan fingerprint density at radius 3 is 2.87 bits per heavy atom. The van der Waals surface area contributed by atoms with Crippen molar-refractivity contribution in [3.63, 3.8) is 0 Å². The SMILES string of the molecule is Cn1cc(CCC(=O)NC2(C#N)CCSCC2)c2ccccc21. The number of nitrogens with one attached hydrogen (secondary N) is 1. The highest BCUT2D eigenvalue weighted by Crippen LogP contribution is 2.27. The van der Waals surface area contributed by atoms with E-state index in [2.05, 4.69) is 34.3 Å². The molecule has 1 saturated heterocycles. The van der Waals surface area contributed by atoms with E-state index in [9.17, 15) is 10.1 Å². The lowest BCUT2D eigenvalue weighted by molar-refractivity contribution is -0.122. The summed E-state index contributed by atoms with van der Waals surface area (Å²) < 4.78 is 2.09. The first-order valence-electron chi connectivity index (χ1n) is 7.96. The van der Waals surface area contributed by atoms with E-state index in [-0.39, 0.29) is 5.91 Å². The molecule has 0 radical (unpaired) electrons. The van der Waals surface area contributed by atoms with Gasteiger partial charge in [0.1, 0.15) is 5.54 Å². The highest BCUT2D eigenvalue weighted by atomic mass is 32.2. The number of para-hydroxylation sites is 1. The van der Waals surface area contributed by atoms with Crippen molar-refractivity contribution in [1.29, 1.82) is 5.26 Å². The summed E-state index contributed by atoms with van der Waals surface area (Å²) in [6.45, 7) is 0. The van der Waals surface area contributed by atoms with Crippen molar-refractivity contribution in [2.75, 3.05) is 11.5 Å². The summed E-state index contributed by atoms with van der Waals surface area (Å²) >= 11 is 1.85. The number of hydrogen-bond donors (Lipinski definition) is 1. The number of benzene rings is 1. The van der Waals surface area contributed by atoms with Crippen molar-refractivity contribution < 1.29 is 4.79 Å². The number of nitrogens with zero attached hydrogens (tertiary/aromatic N) is 2. The first-order valence-corrected chi connectivity index (χ1v) is 9.12. The summed E-state index contributed by atoms with van der Waals surface area (Å²) in [5.74, 6) is 1.86. The highest BCUT2D eigenvalue weighted by molar-refractivity contribution is 7.99. The van der Waals surface area contributed by atoms with Gasteiger partial charge in [-0.25, -0.2) is 0 Å². The molecule has 23 heavy (non-hydrogen) atoms. The summed E-state index contributed by atoms with van der Waals surface area (Å²) in [6.07, 6.45) is 4.70. The van der Waals surface area contributed by atoms with Crippen LogP contribution in [0.2, 0.25) is 0 Å². The molecule has 3 rings (SSSR count). The van der Waals surface area contributed by atoms with Crippen LogP contribution in [-0.2, 0) is 18.3 Å². The zero-order valence-corrected chi connectivity index (χ0v) is 14.2. The van der Waals surface area contributed by atoms with E-state index in [4.69, 9.17) is 0 Å². The van der Waals surface area contributed by atoms with E-state index >= 15 is 0 Å². The predicted octanol–water partition coefficient (Wildman–Crippen LogP) is 3.02. The smallest absolute Gasteiger partial charge is 0.221 e. The average Bonchev–Trinajstić information content (AvgIpc) is 2.90. The number of amides is 1. The second-order valence-electron chi connectivity index (χ2n) is 6.14. The molecule has 4 nitrogen and oxygen atoms in total. The maximum Gasteiger partial charge on any atom is 0.221 e. The molecule has 1 fully saturated rings. The second-order valence-corrected chi connectivity index (χ2v) is 7.36. The fraction of sp³-hybridized carbons (Fsp3) is 0.444. The van der Waals surface area contributed by atoms with Gasteiger partial charge >= 0.3 is 0 Å². The zero-order valence-electron chi connectivity index (χ0n) is 13.3. The van der Waals surface area contributed by atoms with Crippen LogP contribution in [0.25, 0.3) is 10.9 Å². The topological polar surface area (TPSA) is 57.8 Å². The first kappa shape index (κ1) is 15.9. The van der Waals surface area contributed by atoms with Crippen LogP contribution in [0.5, 0.6) is 0 Å². The van der Waals surface area contributed by atoms with Crippen molar-refractivity contribution in [2.24, 2.45) is 7.05 Å². The van der Waals surface area contributed by atoms with Crippen LogP contribution in [0, 0.1) is 11.3 Å². The Balaban J connectivity index is 1.65. The van der Waals surface area contributed by atoms with Gasteiger partial charge in [0.25, 0.3) is 0 Å². The number of thioether (sulfide) groups is 1. The van der Waals surface area contributed by atoms with Crippen LogP contribution in [-0.4, -0.2) is 27.5 Å². The predicted molar refractivity (Wildman–Crippen MR) is 94.3 cm³/mol. The summed E-state index contributed by atoms with van der Waals surface area (Å²) in [4.78, 5) is 12.3. The molecule has 0 aliphatic carbocycles. The fourth-order valence-electron chi connectivity index (χ4n) is 3.19. The second kappa shape index (κ2) is 6.67. The quantitative estimate of drug-likeness (QED) is 0.939. The summed E-state index contributed by atoms with van der Waals surface area (Å²) in [6, 6.07) is 10.6. The van der Waals surface area contributed by atoms with Crippen LogP contribution in [0.15, 0.2) is 30.5 Å². The van der Waals surface area contributed by atoms with Gasteiger partial charge in [0.05, 0.1) is 6.07 Å². The summed E-state index contributed by atoms with van der Waals surface area (Å²) in [5, 5.41) is 13.6. The number of aryl methyl sites for hydroxylation is 2. The minimum Gasteiger partial charge on any atom is -0.350 e. The Morgan fingerprint density at radius 2 is 2.13 bits per heavy atom. The van der Waals surface area contributed by atoms with E-state index in [0.29, 0.717) is 12.8 Å². The Morgan fingerprint density at radius 1 is 1.39 bits per heavy atom. The lowest BCUT2D eigenvalue weighted by Gasteiger charge is -2.31. The molecule has 5 heteroatoms. The number of carbonyl (C=O) groups is 1. The normalized spacial score (nSPS) is 16.9. The third kappa shape index (κ3) is 3.37. The molecule has 0 spiro atoms. The molecule has 1 amide bonds. The fourth-order valence-corrected chi connectivity index (χ4v) is 4.38. The Labute approximate surface area is 140 Å². The molecule has 1 N–H and O–H groups in total. The molecule has 0 bridgehead atoms. The van der Waals surface area contributed by atoms with E-state index < -0.39 is 5.54 Å². The van der Waals surface area contributed by atoms with Gasteiger partial charge in [-0.3, -0.25) is 4.79 Å². The number of carbonyl (C=O) groups excluding carboxylic acids is 1. The van der Waals surface area contributed by atoms with Crippen molar-refractivity contribution >= 4 is 28.6 Å². The number of fused-ring (bicyclic) bond motifs is 1. The van der Waals surface area contributed by atoms with Gasteiger partial charge in [-0.05, 0) is 42.4 Å². The van der Waals surface area contributed by atoms with E-state index in [1.165, 1.54) is 16.5 Å². The molecule has 0 saturated carbocycles. The van der Waals surface area contributed by atoms with Crippen LogP contribution < -0.4 is 5.32 Å². The maximum atomic E-state index is 12.3. The standard InChI is InChI=1S/C18H21N3OS/c1-21-12-14(15-4-2-3-5-16(15)21)6-7-17(22)20-18(13-19)8-10-23-11-9-18/h2-5,12H,6-11H2,1H3,(H,20,22). The third-order valence-corrected chi connectivity index (χ3v) is 5.53. The Bertz CT molecular complexity index is 753. The first-order chi connectivity index (χ1) is 11.1. The van der Waals surface area contributed by atoms with Crippen LogP contribution in [0.4, 0.5) is 0 Å². The largest absolute Gasteiger partial charge is 0.350 e. The lowest BCUT2D eigenvalue weighted by atomic mass is 9.93. The Hall–Kier alpha value is -1.93. The number of aromatic nitrogens is 1. The van der Waals surface area contributed by atoms with Crippen molar-refractivity contribution in [2.45, 2.75) is 31.2 Å². The monoisotopic (exact) mass is 327 g/mol.